The number of esters is 1. The van der Waals surface area contributed by atoms with Crippen molar-refractivity contribution in [1.29, 1.82) is 0 Å². The van der Waals surface area contributed by atoms with E-state index in [1.54, 1.807) is 24.3 Å². The summed E-state index contributed by atoms with van der Waals surface area (Å²) in [7, 11) is -3.83. The summed E-state index contributed by atoms with van der Waals surface area (Å²) < 4.78 is 36.4. The Morgan fingerprint density at radius 1 is 1.23 bits per heavy atom. The van der Waals surface area contributed by atoms with Crippen LogP contribution in [0.1, 0.15) is 58.8 Å². The van der Waals surface area contributed by atoms with Gasteiger partial charge in [0.1, 0.15) is 11.3 Å². The minimum atomic E-state index is -3.83. The molecule has 1 saturated heterocycles. The molecule has 0 amide bonds. The standard InChI is InChI=1S/C22H34NO6P/c1-3-18(4-2)16-27-21(24)22(13-9-14-22)23-30(25,28-17-20-12-8-15-26-20)29-19-10-6-5-7-11-19/h5-7,10-11,18,20H,3-4,8-9,12-17H2,1-2H3,(H,23,25)/t20?,30-/m1/s1. The van der Waals surface area contributed by atoms with Crippen LogP contribution in [0.2, 0.25) is 0 Å². The van der Waals surface area contributed by atoms with Gasteiger partial charge in [-0.1, -0.05) is 44.9 Å². The molecule has 0 radical (unpaired) electrons. The maximum atomic E-state index is 13.7. The first-order chi connectivity index (χ1) is 14.5. The summed E-state index contributed by atoms with van der Waals surface area (Å²) in [6, 6.07) is 8.86. The number of carbonyl (C=O) groups is 1. The van der Waals surface area contributed by atoms with Crippen molar-refractivity contribution < 1.29 is 27.9 Å². The molecule has 2 aliphatic rings. The second-order valence-electron chi connectivity index (χ2n) is 8.16. The van der Waals surface area contributed by atoms with E-state index in [9.17, 15) is 9.36 Å². The van der Waals surface area contributed by atoms with Gasteiger partial charge in [0.25, 0.3) is 0 Å². The fraction of sp³-hybridized carbons (Fsp3) is 0.682. The average Bonchev–Trinajstić information content (AvgIpc) is 3.24. The zero-order valence-corrected chi connectivity index (χ0v) is 18.9. The Bertz CT molecular complexity index is 714. The lowest BCUT2D eigenvalue weighted by atomic mass is 9.78. The Labute approximate surface area is 179 Å². The van der Waals surface area contributed by atoms with Crippen LogP contribution in [-0.4, -0.2) is 37.4 Å². The van der Waals surface area contributed by atoms with Crippen molar-refractivity contribution in [2.75, 3.05) is 19.8 Å². The van der Waals surface area contributed by atoms with Crippen LogP contribution in [0.5, 0.6) is 5.75 Å². The van der Waals surface area contributed by atoms with Gasteiger partial charge in [0.05, 0.1) is 19.3 Å². The molecule has 1 aliphatic carbocycles. The molecule has 1 aromatic rings. The van der Waals surface area contributed by atoms with Crippen LogP contribution in [-0.2, 0) is 23.4 Å². The molecule has 1 N–H and O–H groups in total. The first-order valence-electron chi connectivity index (χ1n) is 11.1. The van der Waals surface area contributed by atoms with Crippen molar-refractivity contribution in [2.45, 2.75) is 70.4 Å². The Kier molecular flexibility index (Phi) is 8.35. The lowest BCUT2D eigenvalue weighted by Gasteiger charge is -2.41. The highest BCUT2D eigenvalue weighted by molar-refractivity contribution is 7.52. The zero-order chi connectivity index (χ0) is 21.5. The third-order valence-electron chi connectivity index (χ3n) is 5.98. The van der Waals surface area contributed by atoms with Crippen LogP contribution in [0.4, 0.5) is 0 Å². The Morgan fingerprint density at radius 2 is 1.97 bits per heavy atom. The summed E-state index contributed by atoms with van der Waals surface area (Å²) in [5.41, 5.74) is -1.03. The van der Waals surface area contributed by atoms with E-state index in [2.05, 4.69) is 18.9 Å². The van der Waals surface area contributed by atoms with Crippen LogP contribution in [0, 0.1) is 5.92 Å². The summed E-state index contributed by atoms with van der Waals surface area (Å²) in [5, 5.41) is 2.96. The third kappa shape index (κ3) is 6.07. The number of benzene rings is 1. The highest BCUT2D eigenvalue weighted by Crippen LogP contribution is 2.50. The number of hydrogen-bond donors (Lipinski definition) is 1. The molecule has 168 valence electrons. The number of para-hydroxylation sites is 1. The summed E-state index contributed by atoms with van der Waals surface area (Å²) in [4.78, 5) is 12.9. The minimum Gasteiger partial charge on any atom is -0.464 e. The molecule has 0 bridgehead atoms. The van der Waals surface area contributed by atoms with E-state index in [4.69, 9.17) is 18.5 Å². The van der Waals surface area contributed by atoms with Gasteiger partial charge in [-0.15, -0.1) is 0 Å². The van der Waals surface area contributed by atoms with Gasteiger partial charge in [-0.05, 0) is 50.2 Å². The van der Waals surface area contributed by atoms with Crippen molar-refractivity contribution in [3.05, 3.63) is 30.3 Å². The Hall–Kier alpha value is -1.40. The summed E-state index contributed by atoms with van der Waals surface area (Å²) in [5.74, 6) is 0.369. The van der Waals surface area contributed by atoms with Crippen molar-refractivity contribution in [3.63, 3.8) is 0 Å². The number of ether oxygens (including phenoxy) is 2. The van der Waals surface area contributed by atoms with Crippen LogP contribution >= 0.6 is 7.75 Å². The first-order valence-corrected chi connectivity index (χ1v) is 12.6. The van der Waals surface area contributed by atoms with Gasteiger partial charge < -0.3 is 14.0 Å². The molecule has 1 aliphatic heterocycles. The molecule has 2 fully saturated rings. The number of carbonyl (C=O) groups excluding carboxylic acids is 1. The molecule has 1 aromatic carbocycles. The maximum Gasteiger partial charge on any atom is 0.459 e. The number of hydrogen-bond acceptors (Lipinski definition) is 6. The van der Waals surface area contributed by atoms with E-state index >= 15 is 0 Å². The van der Waals surface area contributed by atoms with Crippen LogP contribution in [0.15, 0.2) is 30.3 Å². The lowest BCUT2D eigenvalue weighted by Crippen LogP contribution is -2.57. The van der Waals surface area contributed by atoms with Crippen molar-refractivity contribution in [1.82, 2.24) is 5.09 Å². The van der Waals surface area contributed by atoms with Gasteiger partial charge in [-0.2, -0.15) is 5.09 Å². The molecular formula is C22H34NO6P. The first kappa shape index (κ1) is 23.3. The zero-order valence-electron chi connectivity index (χ0n) is 18.0. The van der Waals surface area contributed by atoms with Gasteiger partial charge in [0.15, 0.2) is 0 Å². The SMILES string of the molecule is CCC(CC)COC(=O)C1(N[P@@](=O)(OCC2CCCO2)Oc2ccccc2)CCC1. The molecule has 7 nitrogen and oxygen atoms in total. The third-order valence-corrected chi connectivity index (χ3v) is 7.62. The van der Waals surface area contributed by atoms with Crippen LogP contribution in [0.3, 0.4) is 0 Å². The number of rotatable bonds is 12. The second-order valence-corrected chi connectivity index (χ2v) is 9.82. The van der Waals surface area contributed by atoms with Gasteiger partial charge in [-0.25, -0.2) is 4.57 Å². The van der Waals surface area contributed by atoms with Gasteiger partial charge >= 0.3 is 13.7 Å². The second kappa shape index (κ2) is 10.8. The van der Waals surface area contributed by atoms with E-state index in [-0.39, 0.29) is 18.7 Å². The predicted molar refractivity (Wildman–Crippen MR) is 114 cm³/mol. The lowest BCUT2D eigenvalue weighted by molar-refractivity contribution is -0.156. The number of nitrogens with one attached hydrogen (secondary N) is 1. The molecule has 8 heteroatoms. The molecule has 1 heterocycles. The highest BCUT2D eigenvalue weighted by atomic mass is 31.2. The van der Waals surface area contributed by atoms with Gasteiger partial charge in [-0.3, -0.25) is 9.32 Å². The van der Waals surface area contributed by atoms with Crippen molar-refractivity contribution in [2.24, 2.45) is 5.92 Å². The molecule has 2 atom stereocenters. The molecule has 0 spiro atoms. The normalized spacial score (nSPS) is 22.3. The summed E-state index contributed by atoms with van der Waals surface area (Å²) in [6.45, 7) is 5.36. The molecule has 3 rings (SSSR count). The molecule has 30 heavy (non-hydrogen) atoms. The van der Waals surface area contributed by atoms with Crippen molar-refractivity contribution >= 4 is 13.7 Å². The van der Waals surface area contributed by atoms with Gasteiger partial charge in [0, 0.05) is 6.61 Å². The fourth-order valence-corrected chi connectivity index (χ4v) is 5.43. The van der Waals surface area contributed by atoms with E-state index < -0.39 is 13.3 Å². The van der Waals surface area contributed by atoms with E-state index in [0.29, 0.717) is 37.7 Å². The van der Waals surface area contributed by atoms with E-state index in [0.717, 1.165) is 32.1 Å². The van der Waals surface area contributed by atoms with Crippen LogP contribution in [0.25, 0.3) is 0 Å². The summed E-state index contributed by atoms with van der Waals surface area (Å²) >= 11 is 0. The predicted octanol–water partition coefficient (Wildman–Crippen LogP) is 4.86. The van der Waals surface area contributed by atoms with Crippen LogP contribution < -0.4 is 9.61 Å². The molecule has 1 unspecified atom stereocenters. The smallest absolute Gasteiger partial charge is 0.459 e. The Balaban J connectivity index is 1.70. The largest absolute Gasteiger partial charge is 0.464 e. The Morgan fingerprint density at radius 3 is 2.53 bits per heavy atom. The van der Waals surface area contributed by atoms with Crippen molar-refractivity contribution in [3.8, 4) is 5.75 Å². The minimum absolute atomic E-state index is 0.112. The molecule has 0 aromatic heterocycles. The topological polar surface area (TPSA) is 83.1 Å². The average molecular weight is 439 g/mol. The van der Waals surface area contributed by atoms with E-state index in [1.165, 1.54) is 0 Å². The maximum absolute atomic E-state index is 13.7. The highest BCUT2D eigenvalue weighted by Gasteiger charge is 2.51. The van der Waals surface area contributed by atoms with Gasteiger partial charge in [0.2, 0.25) is 0 Å². The monoisotopic (exact) mass is 439 g/mol. The quantitative estimate of drug-likeness (QED) is 0.368. The van der Waals surface area contributed by atoms with E-state index in [1.807, 2.05) is 6.07 Å². The summed E-state index contributed by atoms with van der Waals surface area (Å²) in [6.07, 6.45) is 5.53. The molecule has 1 saturated carbocycles. The molecular weight excluding hydrogens is 405 g/mol. The fourth-order valence-electron chi connectivity index (χ4n) is 3.67.